The summed E-state index contributed by atoms with van der Waals surface area (Å²) in [6, 6.07) is 9.54. The van der Waals surface area contributed by atoms with Crippen LogP contribution in [-0.4, -0.2) is 21.2 Å². The van der Waals surface area contributed by atoms with Gasteiger partial charge in [-0.3, -0.25) is 0 Å². The van der Waals surface area contributed by atoms with Gasteiger partial charge in [0.1, 0.15) is 11.4 Å². The van der Waals surface area contributed by atoms with Crippen LogP contribution in [0, 0.1) is 0 Å². The molecule has 0 amide bonds. The van der Waals surface area contributed by atoms with Crippen molar-refractivity contribution in [2.75, 3.05) is 6.54 Å². The van der Waals surface area contributed by atoms with Crippen LogP contribution in [0.25, 0.3) is 0 Å². The molecule has 0 bridgehead atoms. The van der Waals surface area contributed by atoms with E-state index >= 15 is 0 Å². The number of nitrogens with zero attached hydrogens (tertiary/aromatic N) is 2. The molecule has 18 heavy (non-hydrogen) atoms. The lowest BCUT2D eigenvalue weighted by atomic mass is 9.94. The van der Waals surface area contributed by atoms with Crippen molar-refractivity contribution >= 4 is 0 Å². The van der Waals surface area contributed by atoms with Crippen LogP contribution in [-0.2, 0) is 18.6 Å². The highest BCUT2D eigenvalue weighted by molar-refractivity contribution is 5.22. The average Bonchev–Trinajstić information content (AvgIpc) is 2.86. The van der Waals surface area contributed by atoms with Crippen molar-refractivity contribution in [2.24, 2.45) is 5.73 Å². The molecule has 0 spiro atoms. The van der Waals surface area contributed by atoms with E-state index < -0.39 is 5.60 Å². The maximum Gasteiger partial charge on any atom is 0.120 e. The summed E-state index contributed by atoms with van der Waals surface area (Å²) in [4.78, 5) is 4.26. The van der Waals surface area contributed by atoms with Crippen LogP contribution >= 0.6 is 0 Å². The molecule has 3 N–H and O–H groups in total. The van der Waals surface area contributed by atoms with Gasteiger partial charge in [-0.1, -0.05) is 37.3 Å². The number of rotatable bonds is 5. The molecule has 0 aliphatic rings. The lowest BCUT2D eigenvalue weighted by molar-refractivity contribution is 0.0267. The maximum absolute atomic E-state index is 10.7. The third-order valence-corrected chi connectivity index (χ3v) is 3.20. The second-order valence-corrected chi connectivity index (χ2v) is 4.43. The summed E-state index contributed by atoms with van der Waals surface area (Å²) in [7, 11) is 0. The van der Waals surface area contributed by atoms with Crippen LogP contribution < -0.4 is 5.73 Å². The van der Waals surface area contributed by atoms with E-state index in [0.29, 0.717) is 6.54 Å². The minimum absolute atomic E-state index is 0.179. The molecule has 4 heteroatoms. The van der Waals surface area contributed by atoms with Crippen LogP contribution in [0.3, 0.4) is 0 Å². The van der Waals surface area contributed by atoms with Crippen LogP contribution in [0.4, 0.5) is 0 Å². The highest BCUT2D eigenvalue weighted by Crippen LogP contribution is 2.22. The molecule has 0 aliphatic heterocycles. The third kappa shape index (κ3) is 2.44. The van der Waals surface area contributed by atoms with E-state index in [0.717, 1.165) is 17.8 Å². The molecule has 0 aliphatic carbocycles. The smallest absolute Gasteiger partial charge is 0.120 e. The monoisotopic (exact) mass is 245 g/mol. The lowest BCUT2D eigenvalue weighted by Gasteiger charge is -2.28. The van der Waals surface area contributed by atoms with Crippen LogP contribution in [0.1, 0.15) is 18.3 Å². The van der Waals surface area contributed by atoms with Gasteiger partial charge in [0.15, 0.2) is 0 Å². The lowest BCUT2D eigenvalue weighted by Crippen LogP contribution is -2.39. The van der Waals surface area contributed by atoms with Gasteiger partial charge in [0.2, 0.25) is 0 Å². The fourth-order valence-corrected chi connectivity index (χ4v) is 2.10. The van der Waals surface area contributed by atoms with Gasteiger partial charge in [-0.25, -0.2) is 4.98 Å². The number of aromatic nitrogens is 2. The minimum Gasteiger partial charge on any atom is -0.382 e. The third-order valence-electron chi connectivity index (χ3n) is 3.20. The Hall–Kier alpha value is -1.65. The molecule has 2 aromatic rings. The van der Waals surface area contributed by atoms with E-state index in [2.05, 4.69) is 4.98 Å². The number of imidazole rings is 1. The molecule has 2 rings (SSSR count). The fraction of sp³-hybridized carbons (Fsp3) is 0.357. The molecule has 0 radical (unpaired) electrons. The molecular weight excluding hydrogens is 226 g/mol. The molecule has 1 atom stereocenters. The maximum atomic E-state index is 10.7. The summed E-state index contributed by atoms with van der Waals surface area (Å²) in [5.41, 5.74) is 5.55. The number of hydrogen-bond acceptors (Lipinski definition) is 3. The van der Waals surface area contributed by atoms with Gasteiger partial charge in [-0.15, -0.1) is 0 Å². The summed E-state index contributed by atoms with van der Waals surface area (Å²) < 4.78 is 1.96. The Balaban J connectivity index is 2.29. The Kier molecular flexibility index (Phi) is 3.79. The molecule has 0 fully saturated rings. The molecule has 1 aromatic heterocycles. The first-order valence-electron chi connectivity index (χ1n) is 6.17. The molecule has 1 heterocycles. The second kappa shape index (κ2) is 5.33. The Labute approximate surface area is 107 Å². The van der Waals surface area contributed by atoms with Crippen molar-refractivity contribution in [3.05, 3.63) is 54.1 Å². The Morgan fingerprint density at radius 2 is 2.06 bits per heavy atom. The predicted molar refractivity (Wildman–Crippen MR) is 71.0 cm³/mol. The molecule has 1 unspecified atom stereocenters. The predicted octanol–water partition coefficient (Wildman–Crippen LogP) is 1.29. The summed E-state index contributed by atoms with van der Waals surface area (Å²) in [6.45, 7) is 2.65. The van der Waals surface area contributed by atoms with Gasteiger partial charge >= 0.3 is 0 Å². The SMILES string of the molecule is CCc1nccn1CC(O)(CN)c1ccccc1. The van der Waals surface area contributed by atoms with Crippen molar-refractivity contribution in [2.45, 2.75) is 25.5 Å². The average molecular weight is 245 g/mol. The van der Waals surface area contributed by atoms with E-state index in [1.807, 2.05) is 48.0 Å². The van der Waals surface area contributed by atoms with E-state index in [4.69, 9.17) is 5.73 Å². The van der Waals surface area contributed by atoms with Gasteiger partial charge in [0.05, 0.1) is 6.54 Å². The summed E-state index contributed by atoms with van der Waals surface area (Å²) in [6.07, 6.45) is 4.46. The van der Waals surface area contributed by atoms with Crippen LogP contribution in [0.5, 0.6) is 0 Å². The number of hydrogen-bond donors (Lipinski definition) is 2. The Bertz CT molecular complexity index is 495. The topological polar surface area (TPSA) is 64.1 Å². The van der Waals surface area contributed by atoms with E-state index in [-0.39, 0.29) is 6.54 Å². The summed E-state index contributed by atoms with van der Waals surface area (Å²) in [5.74, 6) is 0.956. The molecule has 96 valence electrons. The highest BCUT2D eigenvalue weighted by Gasteiger charge is 2.28. The first kappa shape index (κ1) is 12.8. The van der Waals surface area contributed by atoms with Crippen molar-refractivity contribution in [1.82, 2.24) is 9.55 Å². The van der Waals surface area contributed by atoms with Crippen LogP contribution in [0.15, 0.2) is 42.7 Å². The van der Waals surface area contributed by atoms with Gasteiger partial charge < -0.3 is 15.4 Å². The zero-order chi connectivity index (χ0) is 13.0. The van der Waals surface area contributed by atoms with Crippen molar-refractivity contribution in [3.8, 4) is 0 Å². The molecule has 0 saturated heterocycles. The summed E-state index contributed by atoms with van der Waals surface area (Å²) >= 11 is 0. The number of nitrogens with two attached hydrogens (primary N) is 1. The first-order valence-corrected chi connectivity index (χ1v) is 6.17. The largest absolute Gasteiger partial charge is 0.382 e. The molecular formula is C14H19N3O. The zero-order valence-corrected chi connectivity index (χ0v) is 10.6. The summed E-state index contributed by atoms with van der Waals surface area (Å²) in [5, 5.41) is 10.7. The number of benzene rings is 1. The first-order chi connectivity index (χ1) is 8.69. The van der Waals surface area contributed by atoms with Crippen molar-refractivity contribution in [3.63, 3.8) is 0 Å². The van der Waals surface area contributed by atoms with Gasteiger partial charge in [-0.2, -0.15) is 0 Å². The van der Waals surface area contributed by atoms with E-state index in [1.54, 1.807) is 6.20 Å². The second-order valence-electron chi connectivity index (χ2n) is 4.43. The quantitative estimate of drug-likeness (QED) is 0.834. The van der Waals surface area contributed by atoms with Crippen molar-refractivity contribution in [1.29, 1.82) is 0 Å². The standard InChI is InChI=1S/C14H19N3O/c1-2-13-16-8-9-17(13)11-14(18,10-15)12-6-4-3-5-7-12/h3-9,18H,2,10-11,15H2,1H3. The van der Waals surface area contributed by atoms with Gasteiger partial charge in [0, 0.05) is 25.4 Å². The molecule has 4 nitrogen and oxygen atoms in total. The van der Waals surface area contributed by atoms with Gasteiger partial charge in [0.25, 0.3) is 0 Å². The van der Waals surface area contributed by atoms with E-state index in [9.17, 15) is 5.11 Å². The normalized spacial score (nSPS) is 14.4. The number of aryl methyl sites for hydroxylation is 1. The number of aliphatic hydroxyl groups is 1. The minimum atomic E-state index is -1.05. The van der Waals surface area contributed by atoms with Gasteiger partial charge in [-0.05, 0) is 5.56 Å². The molecule has 0 saturated carbocycles. The van der Waals surface area contributed by atoms with Crippen molar-refractivity contribution < 1.29 is 5.11 Å². The highest BCUT2D eigenvalue weighted by atomic mass is 16.3. The fourth-order valence-electron chi connectivity index (χ4n) is 2.10. The Morgan fingerprint density at radius 3 is 2.67 bits per heavy atom. The zero-order valence-electron chi connectivity index (χ0n) is 10.6. The Morgan fingerprint density at radius 1 is 1.33 bits per heavy atom. The van der Waals surface area contributed by atoms with Crippen LogP contribution in [0.2, 0.25) is 0 Å². The van der Waals surface area contributed by atoms with E-state index in [1.165, 1.54) is 0 Å². The molecule has 1 aromatic carbocycles.